The largest absolute Gasteiger partial charge is 0.480 e. The third-order valence-electron chi connectivity index (χ3n) is 2.02. The smallest absolute Gasteiger partial charge is 0.317 e. The third kappa shape index (κ3) is 3.05. The molecular weight excluding hydrogens is 154 g/mol. The minimum atomic E-state index is -0.731. The van der Waals surface area contributed by atoms with Gasteiger partial charge < -0.3 is 5.11 Å². The highest BCUT2D eigenvalue weighted by Gasteiger charge is 2.29. The first-order valence-corrected chi connectivity index (χ1v) is 4.30. The van der Waals surface area contributed by atoms with Gasteiger partial charge in [0.15, 0.2) is 0 Å². The van der Waals surface area contributed by atoms with Crippen LogP contribution in [0.4, 0.5) is 0 Å². The van der Waals surface area contributed by atoms with Crippen molar-refractivity contribution < 1.29 is 9.90 Å². The van der Waals surface area contributed by atoms with Crippen molar-refractivity contribution in [3.8, 4) is 0 Å². The van der Waals surface area contributed by atoms with E-state index in [0.29, 0.717) is 6.04 Å². The van der Waals surface area contributed by atoms with Gasteiger partial charge >= 0.3 is 5.97 Å². The van der Waals surface area contributed by atoms with E-state index in [-0.39, 0.29) is 6.54 Å². The summed E-state index contributed by atoms with van der Waals surface area (Å²) >= 11 is 0. The number of rotatable bonds is 6. The second kappa shape index (κ2) is 4.26. The summed E-state index contributed by atoms with van der Waals surface area (Å²) in [6.45, 7) is 4.63. The molecule has 0 saturated heterocycles. The van der Waals surface area contributed by atoms with Crippen molar-refractivity contribution in [1.29, 1.82) is 0 Å². The van der Waals surface area contributed by atoms with Gasteiger partial charge in [-0.1, -0.05) is 6.08 Å². The Labute approximate surface area is 72.7 Å². The van der Waals surface area contributed by atoms with Crippen molar-refractivity contribution >= 4 is 5.97 Å². The monoisotopic (exact) mass is 169 g/mol. The molecule has 0 spiro atoms. The maximum absolute atomic E-state index is 10.4. The van der Waals surface area contributed by atoms with E-state index in [9.17, 15) is 4.79 Å². The van der Waals surface area contributed by atoms with Crippen LogP contribution in [0.2, 0.25) is 0 Å². The van der Waals surface area contributed by atoms with Crippen molar-refractivity contribution in [2.45, 2.75) is 25.3 Å². The Hall–Kier alpha value is -0.830. The lowest BCUT2D eigenvalue weighted by atomic mass is 10.3. The molecule has 0 unspecified atom stereocenters. The van der Waals surface area contributed by atoms with Gasteiger partial charge in [0.05, 0.1) is 6.54 Å². The van der Waals surface area contributed by atoms with Crippen LogP contribution in [-0.2, 0) is 4.79 Å². The van der Waals surface area contributed by atoms with Crippen molar-refractivity contribution in [3.63, 3.8) is 0 Å². The Kier molecular flexibility index (Phi) is 3.29. The Morgan fingerprint density at radius 1 is 1.67 bits per heavy atom. The summed E-state index contributed by atoms with van der Waals surface area (Å²) in [5.74, 6) is -0.731. The molecule has 0 aliphatic heterocycles. The molecule has 0 aromatic rings. The maximum atomic E-state index is 10.4. The summed E-state index contributed by atoms with van der Waals surface area (Å²) in [7, 11) is 0. The van der Waals surface area contributed by atoms with Crippen molar-refractivity contribution in [1.82, 2.24) is 4.90 Å². The molecule has 0 amide bonds. The molecule has 0 bridgehead atoms. The highest BCUT2D eigenvalue weighted by atomic mass is 16.4. The first-order chi connectivity index (χ1) is 5.74. The molecule has 1 N–H and O–H groups in total. The van der Waals surface area contributed by atoms with Crippen LogP contribution in [0, 0.1) is 0 Å². The van der Waals surface area contributed by atoms with Crippen LogP contribution in [0.5, 0.6) is 0 Å². The SMILES string of the molecule is C=CCCN(CC(=O)O)C1CC1. The molecule has 12 heavy (non-hydrogen) atoms. The molecule has 0 atom stereocenters. The zero-order valence-corrected chi connectivity index (χ0v) is 7.20. The van der Waals surface area contributed by atoms with Gasteiger partial charge in [0.1, 0.15) is 0 Å². The third-order valence-corrected chi connectivity index (χ3v) is 2.02. The lowest BCUT2D eigenvalue weighted by Gasteiger charge is -2.18. The molecule has 0 aromatic heterocycles. The van der Waals surface area contributed by atoms with E-state index in [1.807, 2.05) is 11.0 Å². The fraction of sp³-hybridized carbons (Fsp3) is 0.667. The van der Waals surface area contributed by atoms with E-state index in [4.69, 9.17) is 5.11 Å². The molecule has 3 heteroatoms. The second-order valence-corrected chi connectivity index (χ2v) is 3.17. The van der Waals surface area contributed by atoms with Crippen LogP contribution < -0.4 is 0 Å². The average molecular weight is 169 g/mol. The summed E-state index contributed by atoms with van der Waals surface area (Å²) in [6.07, 6.45) is 5.02. The van der Waals surface area contributed by atoms with Crippen molar-refractivity contribution in [3.05, 3.63) is 12.7 Å². The number of hydrogen-bond donors (Lipinski definition) is 1. The summed E-state index contributed by atoms with van der Waals surface area (Å²) in [6, 6.07) is 0.529. The number of hydrogen-bond acceptors (Lipinski definition) is 2. The summed E-state index contributed by atoms with van der Waals surface area (Å²) in [4.78, 5) is 12.5. The van der Waals surface area contributed by atoms with Crippen LogP contribution in [0.25, 0.3) is 0 Å². The number of aliphatic carboxylic acids is 1. The van der Waals surface area contributed by atoms with E-state index in [2.05, 4.69) is 6.58 Å². The van der Waals surface area contributed by atoms with E-state index in [1.165, 1.54) is 0 Å². The summed E-state index contributed by atoms with van der Waals surface area (Å²) in [5, 5.41) is 8.59. The van der Waals surface area contributed by atoms with E-state index >= 15 is 0 Å². The van der Waals surface area contributed by atoms with Gasteiger partial charge in [0, 0.05) is 12.6 Å². The minimum absolute atomic E-state index is 0.179. The normalized spacial score (nSPS) is 16.4. The molecule has 0 heterocycles. The van der Waals surface area contributed by atoms with Crippen LogP contribution in [0.3, 0.4) is 0 Å². The average Bonchev–Trinajstić information content (AvgIpc) is 2.79. The molecule has 1 rings (SSSR count). The van der Waals surface area contributed by atoms with Gasteiger partial charge in [0.25, 0.3) is 0 Å². The highest BCUT2D eigenvalue weighted by molar-refractivity contribution is 5.69. The zero-order chi connectivity index (χ0) is 8.97. The van der Waals surface area contributed by atoms with Gasteiger partial charge in [-0.05, 0) is 19.3 Å². The maximum Gasteiger partial charge on any atom is 0.317 e. The van der Waals surface area contributed by atoms with Gasteiger partial charge in [0.2, 0.25) is 0 Å². The van der Waals surface area contributed by atoms with E-state index in [0.717, 1.165) is 25.8 Å². The Balaban J connectivity index is 2.27. The van der Waals surface area contributed by atoms with Gasteiger partial charge in [-0.15, -0.1) is 6.58 Å². The molecule has 68 valence electrons. The molecule has 3 nitrogen and oxygen atoms in total. The number of carboxylic acid groups (broad SMARTS) is 1. The molecule has 1 saturated carbocycles. The summed E-state index contributed by atoms with van der Waals surface area (Å²) < 4.78 is 0. The number of carboxylic acids is 1. The highest BCUT2D eigenvalue weighted by Crippen LogP contribution is 2.26. The molecule has 1 aliphatic carbocycles. The van der Waals surface area contributed by atoms with Gasteiger partial charge in [-0.3, -0.25) is 9.69 Å². The quantitative estimate of drug-likeness (QED) is 0.605. The predicted molar refractivity (Wildman–Crippen MR) is 47.0 cm³/mol. The van der Waals surface area contributed by atoms with Gasteiger partial charge in [-0.2, -0.15) is 0 Å². The van der Waals surface area contributed by atoms with Crippen molar-refractivity contribution in [2.75, 3.05) is 13.1 Å². The fourth-order valence-corrected chi connectivity index (χ4v) is 1.26. The molecule has 1 fully saturated rings. The van der Waals surface area contributed by atoms with Crippen LogP contribution in [0.1, 0.15) is 19.3 Å². The molecule has 1 aliphatic rings. The molecular formula is C9H15NO2. The van der Waals surface area contributed by atoms with E-state index in [1.54, 1.807) is 0 Å². The number of nitrogens with zero attached hydrogens (tertiary/aromatic N) is 1. The lowest BCUT2D eigenvalue weighted by molar-refractivity contribution is -0.138. The van der Waals surface area contributed by atoms with E-state index < -0.39 is 5.97 Å². The first kappa shape index (κ1) is 9.26. The second-order valence-electron chi connectivity index (χ2n) is 3.17. The molecule has 0 aromatic carbocycles. The lowest BCUT2D eigenvalue weighted by Crippen LogP contribution is -2.32. The summed E-state index contributed by atoms with van der Waals surface area (Å²) in [5.41, 5.74) is 0. The Morgan fingerprint density at radius 3 is 2.75 bits per heavy atom. The molecule has 0 radical (unpaired) electrons. The first-order valence-electron chi connectivity index (χ1n) is 4.30. The van der Waals surface area contributed by atoms with Crippen LogP contribution in [-0.4, -0.2) is 35.1 Å². The topological polar surface area (TPSA) is 40.5 Å². The van der Waals surface area contributed by atoms with Crippen LogP contribution in [0.15, 0.2) is 12.7 Å². The van der Waals surface area contributed by atoms with Crippen LogP contribution >= 0.6 is 0 Å². The minimum Gasteiger partial charge on any atom is -0.480 e. The van der Waals surface area contributed by atoms with Crippen molar-refractivity contribution in [2.24, 2.45) is 0 Å². The standard InChI is InChI=1S/C9H15NO2/c1-2-3-6-10(7-9(11)12)8-4-5-8/h2,8H,1,3-7H2,(H,11,12). The Morgan fingerprint density at radius 2 is 2.33 bits per heavy atom. The fourth-order valence-electron chi connectivity index (χ4n) is 1.26. The number of carbonyl (C=O) groups is 1. The predicted octanol–water partition coefficient (Wildman–Crippen LogP) is 1.11. The Bertz CT molecular complexity index is 175. The van der Waals surface area contributed by atoms with Gasteiger partial charge in [-0.25, -0.2) is 0 Å². The zero-order valence-electron chi connectivity index (χ0n) is 7.20.